The summed E-state index contributed by atoms with van der Waals surface area (Å²) in [5.41, 5.74) is -0.925. The number of hydrogen-bond donors (Lipinski definition) is 1. The van der Waals surface area contributed by atoms with Gasteiger partial charge in [-0.25, -0.2) is 4.79 Å². The number of rotatable bonds is 1. The van der Waals surface area contributed by atoms with Gasteiger partial charge in [0.1, 0.15) is 11.7 Å². The molecular formula is C22H25NO4. The van der Waals surface area contributed by atoms with Crippen LogP contribution in [0.5, 0.6) is 0 Å². The summed E-state index contributed by atoms with van der Waals surface area (Å²) in [7, 11) is 0. The Bertz CT molecular complexity index is 894. The van der Waals surface area contributed by atoms with Crippen LogP contribution in [0.15, 0.2) is 36.4 Å². The van der Waals surface area contributed by atoms with Crippen molar-refractivity contribution in [2.45, 2.75) is 50.9 Å². The first kappa shape index (κ1) is 17.0. The quantitative estimate of drug-likeness (QED) is 0.610. The molecule has 1 aromatic carbocycles. The van der Waals surface area contributed by atoms with Crippen molar-refractivity contribution in [2.75, 3.05) is 11.4 Å². The number of aliphatic hydroxyl groups is 1. The number of carbonyl (C=O) groups is 2. The third-order valence-corrected chi connectivity index (χ3v) is 7.72. The van der Waals surface area contributed by atoms with E-state index in [0.29, 0.717) is 6.54 Å². The van der Waals surface area contributed by atoms with Crippen LogP contribution in [0.2, 0.25) is 0 Å². The van der Waals surface area contributed by atoms with Crippen LogP contribution >= 0.6 is 0 Å². The Morgan fingerprint density at radius 2 is 2.04 bits per heavy atom. The van der Waals surface area contributed by atoms with E-state index in [2.05, 4.69) is 11.0 Å². The van der Waals surface area contributed by atoms with Gasteiger partial charge in [0.25, 0.3) is 0 Å². The Morgan fingerprint density at radius 1 is 1.26 bits per heavy atom. The zero-order valence-electron chi connectivity index (χ0n) is 15.9. The summed E-state index contributed by atoms with van der Waals surface area (Å²) in [5, 5.41) is 11.4. The Kier molecular flexibility index (Phi) is 3.16. The number of esters is 1. The van der Waals surface area contributed by atoms with Gasteiger partial charge in [0.2, 0.25) is 0 Å². The first-order valence-electron chi connectivity index (χ1n) is 9.76. The summed E-state index contributed by atoms with van der Waals surface area (Å²) in [6.07, 6.45) is 4.02. The first-order valence-corrected chi connectivity index (χ1v) is 9.76. The Hall–Kier alpha value is -2.14. The van der Waals surface area contributed by atoms with E-state index in [1.165, 1.54) is 6.08 Å². The number of nitrogens with zero attached hydrogens (tertiary/aromatic N) is 1. The van der Waals surface area contributed by atoms with Crippen molar-refractivity contribution in [2.24, 2.45) is 17.3 Å². The van der Waals surface area contributed by atoms with E-state index in [0.717, 1.165) is 24.1 Å². The number of benzene rings is 1. The summed E-state index contributed by atoms with van der Waals surface area (Å²) >= 11 is 0. The number of anilines is 1. The smallest absolute Gasteiger partial charge is 0.334 e. The summed E-state index contributed by atoms with van der Waals surface area (Å²) in [4.78, 5) is 28.0. The van der Waals surface area contributed by atoms with Crippen molar-refractivity contribution in [3.8, 4) is 0 Å². The van der Waals surface area contributed by atoms with Crippen molar-refractivity contribution in [3.05, 3.63) is 42.0 Å². The maximum absolute atomic E-state index is 13.1. The van der Waals surface area contributed by atoms with E-state index in [9.17, 15) is 14.7 Å². The Morgan fingerprint density at radius 3 is 2.78 bits per heavy atom. The maximum Gasteiger partial charge on any atom is 0.334 e. The normalized spacial score (nSPS) is 44.9. The molecule has 1 aromatic rings. The number of aryl methyl sites for hydroxylation is 1. The lowest BCUT2D eigenvalue weighted by atomic mass is 9.64. The molecule has 0 amide bonds. The van der Waals surface area contributed by atoms with Gasteiger partial charge in [0.15, 0.2) is 11.3 Å². The van der Waals surface area contributed by atoms with Crippen LogP contribution in [-0.4, -0.2) is 40.6 Å². The molecule has 2 saturated heterocycles. The van der Waals surface area contributed by atoms with Crippen LogP contribution in [0.4, 0.5) is 5.69 Å². The summed E-state index contributed by atoms with van der Waals surface area (Å²) in [6, 6.07) is 8.12. The summed E-state index contributed by atoms with van der Waals surface area (Å²) in [6.45, 7) is 6.41. The highest BCUT2D eigenvalue weighted by atomic mass is 16.6. The van der Waals surface area contributed by atoms with E-state index in [-0.39, 0.29) is 23.6 Å². The molecule has 3 fully saturated rings. The molecule has 4 aliphatic rings. The molecule has 1 spiro atoms. The molecule has 2 aliphatic carbocycles. The number of hydrogen-bond acceptors (Lipinski definition) is 5. The fourth-order valence-corrected chi connectivity index (χ4v) is 5.87. The van der Waals surface area contributed by atoms with Gasteiger partial charge in [-0.15, -0.1) is 0 Å². The van der Waals surface area contributed by atoms with Crippen LogP contribution < -0.4 is 4.90 Å². The van der Waals surface area contributed by atoms with E-state index >= 15 is 0 Å². The van der Waals surface area contributed by atoms with Crippen LogP contribution in [-0.2, 0) is 14.3 Å². The van der Waals surface area contributed by atoms with Crippen LogP contribution in [0, 0.1) is 24.2 Å². The van der Waals surface area contributed by atoms with Crippen molar-refractivity contribution in [1.29, 1.82) is 0 Å². The van der Waals surface area contributed by atoms with E-state index < -0.39 is 22.7 Å². The highest BCUT2D eigenvalue weighted by Gasteiger charge is 2.77. The van der Waals surface area contributed by atoms with Gasteiger partial charge in [-0.1, -0.05) is 19.1 Å². The first-order chi connectivity index (χ1) is 12.7. The molecule has 1 N–H and O–H groups in total. The molecule has 0 aromatic heterocycles. The highest BCUT2D eigenvalue weighted by molar-refractivity contribution is 6.02. The fourth-order valence-electron chi connectivity index (χ4n) is 5.87. The van der Waals surface area contributed by atoms with Crippen molar-refractivity contribution >= 4 is 17.4 Å². The maximum atomic E-state index is 13.1. The minimum atomic E-state index is -1.27. The predicted octanol–water partition coefficient (Wildman–Crippen LogP) is 2.40. The number of fused-ring (bicyclic) bond motifs is 4. The lowest BCUT2D eigenvalue weighted by Gasteiger charge is -2.43. The van der Waals surface area contributed by atoms with Gasteiger partial charge in [-0.05, 0) is 62.5 Å². The lowest BCUT2D eigenvalue weighted by Crippen LogP contribution is -2.57. The molecule has 142 valence electrons. The Balaban J connectivity index is 1.58. The van der Waals surface area contributed by atoms with Gasteiger partial charge < -0.3 is 14.7 Å². The molecule has 3 unspecified atom stereocenters. The molecule has 2 heterocycles. The van der Waals surface area contributed by atoms with Gasteiger partial charge >= 0.3 is 5.97 Å². The van der Waals surface area contributed by atoms with Crippen LogP contribution in [0.3, 0.4) is 0 Å². The monoisotopic (exact) mass is 367 g/mol. The van der Waals surface area contributed by atoms with Crippen LogP contribution in [0.25, 0.3) is 0 Å². The molecule has 5 heteroatoms. The zero-order valence-corrected chi connectivity index (χ0v) is 15.9. The molecule has 27 heavy (non-hydrogen) atoms. The molecular weight excluding hydrogens is 342 g/mol. The lowest BCUT2D eigenvalue weighted by molar-refractivity contribution is -0.166. The summed E-state index contributed by atoms with van der Waals surface area (Å²) < 4.78 is 5.90. The standard InChI is InChI=1S/C22H25NO4/c1-13-5-4-6-15(11-13)23-12-21(23)16-8-7-14(2)22(26)10-9-17(24)20(22,3)18(16)27-19(21)25/h4-6,9-11,14,16,18,26H,7-8,12H2,1-3H3/t14-,16?,18?,20-,21?,22+,23?/m0/s1. The summed E-state index contributed by atoms with van der Waals surface area (Å²) in [5.74, 6) is -0.563. The average Bonchev–Trinajstić information content (AvgIpc) is 3.28. The van der Waals surface area contributed by atoms with Crippen molar-refractivity contribution < 1.29 is 19.4 Å². The van der Waals surface area contributed by atoms with E-state index in [1.807, 2.05) is 32.0 Å². The predicted molar refractivity (Wildman–Crippen MR) is 100 cm³/mol. The third-order valence-electron chi connectivity index (χ3n) is 7.72. The van der Waals surface area contributed by atoms with Crippen molar-refractivity contribution in [3.63, 3.8) is 0 Å². The number of ketones is 1. The molecule has 0 radical (unpaired) electrons. The largest absolute Gasteiger partial charge is 0.459 e. The topological polar surface area (TPSA) is 66.6 Å². The third kappa shape index (κ3) is 1.83. The van der Waals surface area contributed by atoms with Gasteiger partial charge in [0.05, 0.1) is 12.0 Å². The molecule has 5 rings (SSSR count). The number of ether oxygens (including phenoxy) is 1. The average molecular weight is 367 g/mol. The highest BCUT2D eigenvalue weighted by Crippen LogP contribution is 2.62. The van der Waals surface area contributed by atoms with Crippen LogP contribution in [0.1, 0.15) is 32.3 Å². The van der Waals surface area contributed by atoms with Gasteiger partial charge in [-0.2, -0.15) is 0 Å². The SMILES string of the molecule is Cc1cccc(N2CC23C(=O)OC2C3CC[C@H](C)[C@]3(O)C=CC(=O)[C@@]23C)c1. The second-order valence-electron chi connectivity index (χ2n) is 8.99. The number of carbonyl (C=O) groups excluding carboxylic acids is 2. The minimum absolute atomic E-state index is 0.0716. The van der Waals surface area contributed by atoms with E-state index in [4.69, 9.17) is 4.74 Å². The van der Waals surface area contributed by atoms with Gasteiger partial charge in [-0.3, -0.25) is 4.79 Å². The molecule has 5 nitrogen and oxygen atoms in total. The Labute approximate surface area is 159 Å². The molecule has 0 bridgehead atoms. The second kappa shape index (κ2) is 5.02. The fraction of sp³-hybridized carbons (Fsp3) is 0.545. The molecule has 2 aliphatic heterocycles. The second-order valence-corrected chi connectivity index (χ2v) is 8.99. The van der Waals surface area contributed by atoms with E-state index in [1.54, 1.807) is 13.0 Å². The van der Waals surface area contributed by atoms with Gasteiger partial charge in [0, 0.05) is 11.6 Å². The zero-order chi connectivity index (χ0) is 19.2. The molecule has 6 atom stereocenters. The minimum Gasteiger partial charge on any atom is -0.459 e. The molecule has 1 saturated carbocycles. The van der Waals surface area contributed by atoms with Crippen molar-refractivity contribution in [1.82, 2.24) is 0 Å². The number of allylic oxidation sites excluding steroid dienone is 1.